The molecule has 0 fully saturated rings. The van der Waals surface area contributed by atoms with E-state index in [1.807, 2.05) is 12.1 Å². The molecule has 0 saturated carbocycles. The molecule has 0 spiro atoms. The summed E-state index contributed by atoms with van der Waals surface area (Å²) in [7, 11) is 0. The van der Waals surface area contributed by atoms with E-state index in [1.54, 1.807) is 6.26 Å². The summed E-state index contributed by atoms with van der Waals surface area (Å²) in [5.41, 5.74) is 0. The van der Waals surface area contributed by atoms with Gasteiger partial charge in [0.05, 0.1) is 6.26 Å². The zero-order valence-electron chi connectivity index (χ0n) is 9.41. The Kier molecular flexibility index (Phi) is 6.12. The summed E-state index contributed by atoms with van der Waals surface area (Å²) >= 11 is 0. The monoisotopic (exact) mass is 211 g/mol. The molecular formula is C12H21NO2. The van der Waals surface area contributed by atoms with Crippen molar-refractivity contribution in [3.05, 3.63) is 24.2 Å². The van der Waals surface area contributed by atoms with Gasteiger partial charge in [-0.1, -0.05) is 0 Å². The molecule has 86 valence electrons. The molecule has 1 aromatic rings. The second-order valence-corrected chi connectivity index (χ2v) is 3.90. The Morgan fingerprint density at radius 3 is 3.00 bits per heavy atom. The van der Waals surface area contributed by atoms with E-state index >= 15 is 0 Å². The zero-order chi connectivity index (χ0) is 10.9. The van der Waals surface area contributed by atoms with Crippen LogP contribution in [0.25, 0.3) is 0 Å². The van der Waals surface area contributed by atoms with Crippen LogP contribution >= 0.6 is 0 Å². The van der Waals surface area contributed by atoms with Crippen LogP contribution in [0.5, 0.6) is 0 Å². The zero-order valence-corrected chi connectivity index (χ0v) is 9.41. The van der Waals surface area contributed by atoms with E-state index < -0.39 is 0 Å². The lowest BCUT2D eigenvalue weighted by molar-refractivity contribution is 0.282. The van der Waals surface area contributed by atoms with Gasteiger partial charge in [-0.3, -0.25) is 0 Å². The maximum Gasteiger partial charge on any atom is 0.103 e. The van der Waals surface area contributed by atoms with E-state index in [2.05, 4.69) is 12.2 Å². The summed E-state index contributed by atoms with van der Waals surface area (Å²) in [5.74, 6) is 1.05. The number of nitrogens with one attached hydrogen (secondary N) is 1. The van der Waals surface area contributed by atoms with E-state index in [4.69, 9.17) is 9.52 Å². The first-order chi connectivity index (χ1) is 7.33. The largest absolute Gasteiger partial charge is 0.469 e. The molecule has 0 bridgehead atoms. The minimum Gasteiger partial charge on any atom is -0.469 e. The van der Waals surface area contributed by atoms with Crippen LogP contribution in [-0.4, -0.2) is 24.3 Å². The van der Waals surface area contributed by atoms with Crippen molar-refractivity contribution in [2.24, 2.45) is 0 Å². The second-order valence-electron chi connectivity index (χ2n) is 3.90. The Morgan fingerprint density at radius 1 is 1.47 bits per heavy atom. The molecule has 15 heavy (non-hydrogen) atoms. The van der Waals surface area contributed by atoms with Gasteiger partial charge in [0.2, 0.25) is 0 Å². The van der Waals surface area contributed by atoms with Crippen molar-refractivity contribution in [1.82, 2.24) is 5.32 Å². The highest BCUT2D eigenvalue weighted by molar-refractivity contribution is 4.98. The number of furan rings is 1. The molecule has 3 nitrogen and oxygen atoms in total. The van der Waals surface area contributed by atoms with Gasteiger partial charge in [0.25, 0.3) is 0 Å². The van der Waals surface area contributed by atoms with Gasteiger partial charge < -0.3 is 14.8 Å². The van der Waals surface area contributed by atoms with Gasteiger partial charge in [0.1, 0.15) is 5.76 Å². The van der Waals surface area contributed by atoms with E-state index in [9.17, 15) is 0 Å². The summed E-state index contributed by atoms with van der Waals surface area (Å²) in [6.45, 7) is 3.46. The molecule has 1 rings (SSSR count). The lowest BCUT2D eigenvalue weighted by Crippen LogP contribution is -2.27. The Bertz CT molecular complexity index is 234. The minimum absolute atomic E-state index is 0.294. The predicted octanol–water partition coefficient (Wildman–Crippen LogP) is 1.96. The van der Waals surface area contributed by atoms with Gasteiger partial charge in [-0.2, -0.15) is 0 Å². The van der Waals surface area contributed by atoms with Crippen molar-refractivity contribution in [3.63, 3.8) is 0 Å². The molecule has 3 heteroatoms. The van der Waals surface area contributed by atoms with Gasteiger partial charge in [0.15, 0.2) is 0 Å². The summed E-state index contributed by atoms with van der Waals surface area (Å²) in [6, 6.07) is 4.45. The van der Waals surface area contributed by atoms with Crippen LogP contribution in [0.4, 0.5) is 0 Å². The van der Waals surface area contributed by atoms with Crippen molar-refractivity contribution in [2.75, 3.05) is 13.2 Å². The number of aliphatic hydroxyl groups is 1. The van der Waals surface area contributed by atoms with Crippen LogP contribution < -0.4 is 5.32 Å². The van der Waals surface area contributed by atoms with Crippen molar-refractivity contribution in [1.29, 1.82) is 0 Å². The first-order valence-corrected chi connectivity index (χ1v) is 5.69. The van der Waals surface area contributed by atoms with Crippen molar-refractivity contribution in [3.8, 4) is 0 Å². The molecule has 1 atom stereocenters. The standard InChI is InChI=1S/C12H21NO2/c1-11(13-8-2-3-9-14)6-7-12-5-4-10-15-12/h4-5,10-11,13-14H,2-3,6-9H2,1H3. The van der Waals surface area contributed by atoms with Crippen LogP contribution in [0.3, 0.4) is 0 Å². The average molecular weight is 211 g/mol. The molecule has 0 aliphatic heterocycles. The van der Waals surface area contributed by atoms with Crippen molar-refractivity contribution < 1.29 is 9.52 Å². The summed E-state index contributed by atoms with van der Waals surface area (Å²) in [4.78, 5) is 0. The third-order valence-electron chi connectivity index (χ3n) is 2.48. The van der Waals surface area contributed by atoms with Gasteiger partial charge in [-0.25, -0.2) is 0 Å². The molecule has 1 heterocycles. The van der Waals surface area contributed by atoms with Gasteiger partial charge in [-0.15, -0.1) is 0 Å². The lowest BCUT2D eigenvalue weighted by atomic mass is 10.1. The van der Waals surface area contributed by atoms with E-state index in [0.717, 1.165) is 38.0 Å². The topological polar surface area (TPSA) is 45.4 Å². The highest BCUT2D eigenvalue weighted by Crippen LogP contribution is 2.05. The molecular weight excluding hydrogens is 190 g/mol. The third-order valence-corrected chi connectivity index (χ3v) is 2.48. The Labute approximate surface area is 91.5 Å². The van der Waals surface area contributed by atoms with Gasteiger partial charge in [0, 0.05) is 19.1 Å². The SMILES string of the molecule is CC(CCc1ccco1)NCCCCO. The smallest absolute Gasteiger partial charge is 0.103 e. The Morgan fingerprint density at radius 2 is 2.33 bits per heavy atom. The number of aryl methyl sites for hydroxylation is 1. The summed E-state index contributed by atoms with van der Waals surface area (Å²) < 4.78 is 5.27. The lowest BCUT2D eigenvalue weighted by Gasteiger charge is -2.12. The highest BCUT2D eigenvalue weighted by atomic mass is 16.3. The van der Waals surface area contributed by atoms with Gasteiger partial charge in [-0.05, 0) is 44.9 Å². The van der Waals surface area contributed by atoms with E-state index in [0.29, 0.717) is 12.6 Å². The average Bonchev–Trinajstić information content (AvgIpc) is 2.74. The molecule has 0 aliphatic rings. The maximum absolute atomic E-state index is 8.62. The first kappa shape index (κ1) is 12.3. The second kappa shape index (κ2) is 7.49. The number of hydrogen-bond acceptors (Lipinski definition) is 3. The van der Waals surface area contributed by atoms with Crippen molar-refractivity contribution >= 4 is 0 Å². The first-order valence-electron chi connectivity index (χ1n) is 5.69. The van der Waals surface area contributed by atoms with Crippen LogP contribution in [0, 0.1) is 0 Å². The van der Waals surface area contributed by atoms with Crippen molar-refractivity contribution in [2.45, 2.75) is 38.6 Å². The number of rotatable bonds is 8. The highest BCUT2D eigenvalue weighted by Gasteiger charge is 2.02. The van der Waals surface area contributed by atoms with Gasteiger partial charge >= 0.3 is 0 Å². The van der Waals surface area contributed by atoms with Crippen LogP contribution in [0.15, 0.2) is 22.8 Å². The fourth-order valence-corrected chi connectivity index (χ4v) is 1.50. The number of aliphatic hydroxyl groups excluding tert-OH is 1. The molecule has 1 aromatic heterocycles. The Hall–Kier alpha value is -0.800. The normalized spacial score (nSPS) is 12.9. The molecule has 0 saturated heterocycles. The quantitative estimate of drug-likeness (QED) is 0.646. The third kappa shape index (κ3) is 5.60. The summed E-state index contributed by atoms with van der Waals surface area (Å²) in [5, 5.41) is 12.0. The fraction of sp³-hybridized carbons (Fsp3) is 0.667. The molecule has 2 N–H and O–H groups in total. The van der Waals surface area contributed by atoms with Crippen LogP contribution in [0.1, 0.15) is 31.9 Å². The maximum atomic E-state index is 8.62. The molecule has 0 aromatic carbocycles. The molecule has 0 amide bonds. The molecule has 0 aliphatic carbocycles. The summed E-state index contributed by atoms with van der Waals surface area (Å²) in [6.07, 6.45) is 5.72. The fourth-order valence-electron chi connectivity index (χ4n) is 1.50. The van der Waals surface area contributed by atoms with E-state index in [1.165, 1.54) is 0 Å². The molecule has 0 radical (unpaired) electrons. The predicted molar refractivity (Wildman–Crippen MR) is 60.8 cm³/mol. The molecule has 1 unspecified atom stereocenters. The van der Waals surface area contributed by atoms with Crippen LogP contribution in [0.2, 0.25) is 0 Å². The number of unbranched alkanes of at least 4 members (excludes halogenated alkanes) is 1. The minimum atomic E-state index is 0.294. The Balaban J connectivity index is 2.01. The van der Waals surface area contributed by atoms with Crippen LogP contribution in [-0.2, 0) is 6.42 Å². The number of hydrogen-bond donors (Lipinski definition) is 2. The van der Waals surface area contributed by atoms with E-state index in [-0.39, 0.29) is 0 Å².